The summed E-state index contributed by atoms with van der Waals surface area (Å²) in [5.74, 6) is -3.06. The molecule has 3 aromatic rings. The maximum Gasteiger partial charge on any atom is 0.269 e. The number of hydrazine groups is 1. The minimum atomic E-state index is -1.24. The molecule has 0 bridgehead atoms. The van der Waals surface area contributed by atoms with Crippen molar-refractivity contribution < 1.29 is 23.2 Å². The molecule has 1 saturated heterocycles. The van der Waals surface area contributed by atoms with E-state index in [1.165, 1.54) is 54.6 Å². The summed E-state index contributed by atoms with van der Waals surface area (Å²) in [4.78, 5) is 39.9. The molecule has 0 aliphatic carbocycles. The number of hydrogen-bond acceptors (Lipinski definition) is 4. The number of anilines is 2. The number of rotatable bonds is 6. The van der Waals surface area contributed by atoms with Gasteiger partial charge in [-0.05, 0) is 72.9 Å². The van der Waals surface area contributed by atoms with E-state index in [0.29, 0.717) is 5.02 Å². The average molecular weight is 515 g/mol. The SMILES string of the molecule is O=C(CC1C(=O)N(c2ccc(F)cc2)C(=S)N1NC(=O)c1ccc(Cl)cc1)Nc1ccccc1F. The van der Waals surface area contributed by atoms with Crippen LogP contribution >= 0.6 is 23.8 Å². The molecule has 0 spiro atoms. The fourth-order valence-corrected chi connectivity index (χ4v) is 3.94. The Morgan fingerprint density at radius 3 is 2.29 bits per heavy atom. The van der Waals surface area contributed by atoms with Crippen molar-refractivity contribution in [3.05, 3.63) is 95.0 Å². The molecule has 1 heterocycles. The molecule has 2 N–H and O–H groups in total. The largest absolute Gasteiger partial charge is 0.324 e. The van der Waals surface area contributed by atoms with Crippen LogP contribution in [0.25, 0.3) is 0 Å². The maximum absolute atomic E-state index is 14.0. The van der Waals surface area contributed by atoms with E-state index in [0.717, 1.165) is 22.0 Å². The van der Waals surface area contributed by atoms with Crippen molar-refractivity contribution in [2.24, 2.45) is 0 Å². The fourth-order valence-electron chi connectivity index (χ4n) is 3.44. The van der Waals surface area contributed by atoms with Crippen molar-refractivity contribution in [3.63, 3.8) is 0 Å². The van der Waals surface area contributed by atoms with Crippen molar-refractivity contribution in [1.29, 1.82) is 0 Å². The molecular formula is C24H17ClF2N4O3S. The van der Waals surface area contributed by atoms with Gasteiger partial charge in [0.25, 0.3) is 11.8 Å². The van der Waals surface area contributed by atoms with Crippen LogP contribution in [0.15, 0.2) is 72.8 Å². The molecule has 1 aliphatic rings. The molecule has 4 rings (SSSR count). The lowest BCUT2D eigenvalue weighted by atomic mass is 10.1. The van der Waals surface area contributed by atoms with Crippen LogP contribution < -0.4 is 15.6 Å². The van der Waals surface area contributed by atoms with Gasteiger partial charge in [0.2, 0.25) is 11.0 Å². The van der Waals surface area contributed by atoms with Crippen molar-refractivity contribution in [2.45, 2.75) is 12.5 Å². The molecule has 1 atom stereocenters. The fraction of sp³-hybridized carbons (Fsp3) is 0.0833. The lowest BCUT2D eigenvalue weighted by Gasteiger charge is -2.24. The van der Waals surface area contributed by atoms with Gasteiger partial charge in [0.15, 0.2) is 0 Å². The first-order valence-electron chi connectivity index (χ1n) is 10.3. The number of carbonyl (C=O) groups is 3. The van der Waals surface area contributed by atoms with Gasteiger partial charge in [-0.2, -0.15) is 0 Å². The Morgan fingerprint density at radius 2 is 1.63 bits per heavy atom. The number of benzene rings is 3. The lowest BCUT2D eigenvalue weighted by molar-refractivity contribution is -0.124. The Hall–Kier alpha value is -3.89. The minimum absolute atomic E-state index is 0.0577. The van der Waals surface area contributed by atoms with Crippen LogP contribution in [0.1, 0.15) is 16.8 Å². The summed E-state index contributed by atoms with van der Waals surface area (Å²) in [5, 5.41) is 3.82. The zero-order valence-corrected chi connectivity index (χ0v) is 19.4. The van der Waals surface area contributed by atoms with Crippen LogP contribution in [0.5, 0.6) is 0 Å². The normalized spacial score (nSPS) is 15.3. The zero-order chi connectivity index (χ0) is 25.1. The molecular weight excluding hydrogens is 498 g/mol. The van der Waals surface area contributed by atoms with Gasteiger partial charge in [-0.15, -0.1) is 0 Å². The number of halogens is 3. The molecule has 0 saturated carbocycles. The van der Waals surface area contributed by atoms with E-state index in [1.807, 2.05) is 0 Å². The molecule has 3 aromatic carbocycles. The van der Waals surface area contributed by atoms with Gasteiger partial charge in [0, 0.05) is 10.6 Å². The number of thiocarbonyl (C=S) groups is 1. The van der Waals surface area contributed by atoms with Gasteiger partial charge in [-0.1, -0.05) is 23.7 Å². The van der Waals surface area contributed by atoms with Crippen LogP contribution in [-0.4, -0.2) is 33.9 Å². The van der Waals surface area contributed by atoms with Gasteiger partial charge in [0.1, 0.15) is 17.7 Å². The Bertz CT molecular complexity index is 1300. The molecule has 1 unspecified atom stereocenters. The van der Waals surface area contributed by atoms with E-state index in [4.69, 9.17) is 23.8 Å². The summed E-state index contributed by atoms with van der Waals surface area (Å²) < 4.78 is 27.4. The van der Waals surface area contributed by atoms with E-state index >= 15 is 0 Å². The van der Waals surface area contributed by atoms with E-state index < -0.39 is 41.8 Å². The molecule has 3 amide bonds. The molecule has 7 nitrogen and oxygen atoms in total. The summed E-state index contributed by atoms with van der Waals surface area (Å²) in [6, 6.07) is 15.3. The molecule has 0 aromatic heterocycles. The summed E-state index contributed by atoms with van der Waals surface area (Å²) in [6.07, 6.45) is -0.452. The number of amides is 3. The minimum Gasteiger partial charge on any atom is -0.324 e. The molecule has 1 aliphatic heterocycles. The van der Waals surface area contributed by atoms with Crippen molar-refractivity contribution >= 4 is 58.0 Å². The van der Waals surface area contributed by atoms with Crippen LogP contribution in [0.2, 0.25) is 5.02 Å². The third kappa shape index (κ3) is 5.28. The van der Waals surface area contributed by atoms with Gasteiger partial charge >= 0.3 is 0 Å². The highest BCUT2D eigenvalue weighted by Gasteiger charge is 2.45. The highest BCUT2D eigenvalue weighted by molar-refractivity contribution is 7.80. The highest BCUT2D eigenvalue weighted by atomic mass is 35.5. The standard InChI is InChI=1S/C24H17ClF2N4O3S/c25-15-7-5-14(6-8-15)22(33)29-31-20(13-21(32)28-19-4-2-1-3-18(19)27)23(34)30(24(31)35)17-11-9-16(26)10-12-17/h1-12,20H,13H2,(H,28,32)(H,29,33). The summed E-state index contributed by atoms with van der Waals surface area (Å²) >= 11 is 11.3. The number of para-hydroxylation sites is 1. The van der Waals surface area contributed by atoms with Crippen LogP contribution in [-0.2, 0) is 9.59 Å². The predicted octanol–water partition coefficient (Wildman–Crippen LogP) is 4.29. The molecule has 178 valence electrons. The van der Waals surface area contributed by atoms with Crippen LogP contribution in [0, 0.1) is 11.6 Å². The maximum atomic E-state index is 14.0. The van der Waals surface area contributed by atoms with E-state index in [1.54, 1.807) is 6.07 Å². The third-order valence-electron chi connectivity index (χ3n) is 5.15. The Labute approximate surface area is 209 Å². The topological polar surface area (TPSA) is 81.8 Å². The van der Waals surface area contributed by atoms with E-state index in [-0.39, 0.29) is 22.1 Å². The first-order valence-corrected chi connectivity index (χ1v) is 11.1. The third-order valence-corrected chi connectivity index (χ3v) is 5.79. The predicted molar refractivity (Wildman–Crippen MR) is 131 cm³/mol. The summed E-state index contributed by atoms with van der Waals surface area (Å²) in [7, 11) is 0. The number of hydrogen-bond donors (Lipinski definition) is 2. The summed E-state index contributed by atoms with van der Waals surface area (Å²) in [6.45, 7) is 0. The number of carbonyl (C=O) groups excluding carboxylic acids is 3. The van der Waals surface area contributed by atoms with Gasteiger partial charge in [-0.25, -0.2) is 13.8 Å². The Morgan fingerprint density at radius 1 is 0.971 bits per heavy atom. The highest BCUT2D eigenvalue weighted by Crippen LogP contribution is 2.27. The second-order valence-electron chi connectivity index (χ2n) is 7.50. The molecule has 0 radical (unpaired) electrons. The molecule has 1 fully saturated rings. The van der Waals surface area contributed by atoms with Crippen molar-refractivity contribution in [2.75, 3.05) is 10.2 Å². The lowest BCUT2D eigenvalue weighted by Crippen LogP contribution is -2.49. The van der Waals surface area contributed by atoms with Gasteiger partial charge in [0.05, 0.1) is 17.8 Å². The van der Waals surface area contributed by atoms with E-state index in [2.05, 4.69) is 10.7 Å². The Kier molecular flexibility index (Phi) is 7.04. The first kappa shape index (κ1) is 24.2. The number of nitrogens with zero attached hydrogens (tertiary/aromatic N) is 2. The quantitative estimate of drug-likeness (QED) is 0.480. The summed E-state index contributed by atoms with van der Waals surface area (Å²) in [5.41, 5.74) is 2.99. The number of nitrogens with one attached hydrogen (secondary N) is 2. The molecule has 35 heavy (non-hydrogen) atoms. The molecule has 11 heteroatoms. The van der Waals surface area contributed by atoms with Crippen molar-refractivity contribution in [1.82, 2.24) is 10.4 Å². The van der Waals surface area contributed by atoms with Crippen LogP contribution in [0.4, 0.5) is 20.2 Å². The van der Waals surface area contributed by atoms with Crippen LogP contribution in [0.3, 0.4) is 0 Å². The van der Waals surface area contributed by atoms with Gasteiger partial charge < -0.3 is 5.32 Å². The smallest absolute Gasteiger partial charge is 0.269 e. The monoisotopic (exact) mass is 514 g/mol. The van der Waals surface area contributed by atoms with Gasteiger partial charge in [-0.3, -0.25) is 24.7 Å². The van der Waals surface area contributed by atoms with Crippen molar-refractivity contribution in [3.8, 4) is 0 Å². The average Bonchev–Trinajstić information content (AvgIpc) is 3.05. The first-order chi connectivity index (χ1) is 16.7. The second kappa shape index (κ2) is 10.2. The second-order valence-corrected chi connectivity index (χ2v) is 8.30. The zero-order valence-electron chi connectivity index (χ0n) is 17.9. The van der Waals surface area contributed by atoms with E-state index in [9.17, 15) is 23.2 Å². The Balaban J connectivity index is 1.61.